The minimum absolute atomic E-state index is 0.670. The van der Waals surface area contributed by atoms with E-state index in [-0.39, 0.29) is 0 Å². The summed E-state index contributed by atoms with van der Waals surface area (Å²) in [5.41, 5.74) is 1.56. The summed E-state index contributed by atoms with van der Waals surface area (Å²) in [6.07, 6.45) is 1.24. The Labute approximate surface area is 125 Å². The Bertz CT molecular complexity index is 674. The molecule has 1 saturated heterocycles. The Morgan fingerprint density at radius 3 is 3.05 bits per heavy atom. The van der Waals surface area contributed by atoms with Crippen molar-refractivity contribution in [3.05, 3.63) is 35.9 Å². The maximum atomic E-state index is 9.29. The summed E-state index contributed by atoms with van der Waals surface area (Å²) in [6, 6.07) is 11.9. The maximum Gasteiger partial charge on any atom is 0.127 e. The Hall–Kier alpha value is -2.12. The second-order valence-corrected chi connectivity index (χ2v) is 5.61. The van der Waals surface area contributed by atoms with Gasteiger partial charge in [-0.2, -0.15) is 5.26 Å². The van der Waals surface area contributed by atoms with Gasteiger partial charge < -0.3 is 10.2 Å². The normalized spacial score (nSPS) is 18.8. The fourth-order valence-corrected chi connectivity index (χ4v) is 2.97. The van der Waals surface area contributed by atoms with Crippen LogP contribution in [0.25, 0.3) is 10.9 Å². The average Bonchev–Trinajstić information content (AvgIpc) is 3.00. The molecule has 1 unspecified atom stereocenters. The largest absolute Gasteiger partial charge is 0.370 e. The molecule has 2 aromatic rings. The third-order valence-corrected chi connectivity index (χ3v) is 4.23. The average molecular weight is 280 g/mol. The molecule has 1 aliphatic heterocycles. The SMILES string of the molecule is CCN1CCC(CNc2cc(C#N)c3ccccc3n2)C1. The van der Waals surface area contributed by atoms with E-state index in [1.165, 1.54) is 13.0 Å². The van der Waals surface area contributed by atoms with Gasteiger partial charge in [0.05, 0.1) is 17.1 Å². The number of aromatic nitrogens is 1. The van der Waals surface area contributed by atoms with Crippen molar-refractivity contribution >= 4 is 16.7 Å². The quantitative estimate of drug-likeness (QED) is 0.935. The molecule has 108 valence electrons. The zero-order chi connectivity index (χ0) is 14.7. The molecule has 2 heterocycles. The van der Waals surface area contributed by atoms with Crippen LogP contribution < -0.4 is 5.32 Å². The van der Waals surface area contributed by atoms with Crippen molar-refractivity contribution in [2.24, 2.45) is 5.92 Å². The third kappa shape index (κ3) is 2.98. The van der Waals surface area contributed by atoms with Gasteiger partial charge in [-0.05, 0) is 37.6 Å². The molecular formula is C17H20N4. The minimum atomic E-state index is 0.670. The lowest BCUT2D eigenvalue weighted by atomic mass is 10.1. The smallest absolute Gasteiger partial charge is 0.127 e. The lowest BCUT2D eigenvalue weighted by Gasteiger charge is -2.14. The Morgan fingerprint density at radius 1 is 1.43 bits per heavy atom. The molecule has 0 spiro atoms. The standard InChI is InChI=1S/C17H20N4/c1-2-21-8-7-13(12-21)11-19-17-9-14(10-18)15-5-3-4-6-16(15)20-17/h3-6,9,13H,2,7-8,11-12H2,1H3,(H,19,20). The molecule has 4 heteroatoms. The predicted molar refractivity (Wildman–Crippen MR) is 85.2 cm³/mol. The van der Waals surface area contributed by atoms with Crippen molar-refractivity contribution in [2.45, 2.75) is 13.3 Å². The van der Waals surface area contributed by atoms with Crippen molar-refractivity contribution in [3.63, 3.8) is 0 Å². The van der Waals surface area contributed by atoms with Gasteiger partial charge in [-0.3, -0.25) is 0 Å². The first-order chi connectivity index (χ1) is 10.3. The van der Waals surface area contributed by atoms with Crippen LogP contribution >= 0.6 is 0 Å². The number of benzene rings is 1. The summed E-state index contributed by atoms with van der Waals surface area (Å²) in [7, 11) is 0. The molecule has 1 aromatic heterocycles. The number of hydrogen-bond donors (Lipinski definition) is 1. The topological polar surface area (TPSA) is 52.0 Å². The Kier molecular flexibility index (Phi) is 4.03. The van der Waals surface area contributed by atoms with E-state index in [9.17, 15) is 5.26 Å². The van der Waals surface area contributed by atoms with Crippen molar-refractivity contribution < 1.29 is 0 Å². The second kappa shape index (κ2) is 6.11. The molecule has 21 heavy (non-hydrogen) atoms. The Balaban J connectivity index is 1.74. The lowest BCUT2D eigenvalue weighted by Crippen LogP contribution is -2.22. The van der Waals surface area contributed by atoms with Crippen LogP contribution in [0.1, 0.15) is 18.9 Å². The van der Waals surface area contributed by atoms with Gasteiger partial charge in [0, 0.05) is 18.5 Å². The first-order valence-corrected chi connectivity index (χ1v) is 7.56. The number of rotatable bonds is 4. The number of nitriles is 1. The van der Waals surface area contributed by atoms with Gasteiger partial charge in [0.1, 0.15) is 5.82 Å². The van der Waals surface area contributed by atoms with Gasteiger partial charge in [0.2, 0.25) is 0 Å². The van der Waals surface area contributed by atoms with Crippen LogP contribution in [0.3, 0.4) is 0 Å². The first-order valence-electron chi connectivity index (χ1n) is 7.56. The predicted octanol–water partition coefficient (Wildman–Crippen LogP) is 2.86. The van der Waals surface area contributed by atoms with Crippen molar-refractivity contribution in [2.75, 3.05) is 31.5 Å². The van der Waals surface area contributed by atoms with Crippen molar-refractivity contribution in [3.8, 4) is 6.07 Å². The van der Waals surface area contributed by atoms with E-state index in [1.54, 1.807) is 0 Å². The van der Waals surface area contributed by atoms with E-state index in [0.717, 1.165) is 36.4 Å². The zero-order valence-corrected chi connectivity index (χ0v) is 12.3. The van der Waals surface area contributed by atoms with Gasteiger partial charge in [-0.15, -0.1) is 0 Å². The van der Waals surface area contributed by atoms with E-state index in [4.69, 9.17) is 0 Å². The zero-order valence-electron chi connectivity index (χ0n) is 12.3. The number of nitrogens with zero attached hydrogens (tertiary/aromatic N) is 3. The van der Waals surface area contributed by atoms with Crippen molar-refractivity contribution in [1.29, 1.82) is 5.26 Å². The van der Waals surface area contributed by atoms with Gasteiger partial charge in [0.25, 0.3) is 0 Å². The summed E-state index contributed by atoms with van der Waals surface area (Å²) in [5, 5.41) is 13.6. The highest BCUT2D eigenvalue weighted by atomic mass is 15.1. The van der Waals surface area contributed by atoms with E-state index in [1.807, 2.05) is 30.3 Å². The molecule has 3 rings (SSSR count). The molecule has 0 aliphatic carbocycles. The van der Waals surface area contributed by atoms with Crippen LogP contribution in [-0.2, 0) is 0 Å². The first kappa shape index (κ1) is 13.8. The monoisotopic (exact) mass is 280 g/mol. The van der Waals surface area contributed by atoms with E-state index in [0.29, 0.717) is 11.5 Å². The van der Waals surface area contributed by atoms with Gasteiger partial charge in [-0.25, -0.2) is 4.98 Å². The molecule has 1 aromatic carbocycles. The molecular weight excluding hydrogens is 260 g/mol. The molecule has 4 nitrogen and oxygen atoms in total. The number of nitrogens with one attached hydrogen (secondary N) is 1. The third-order valence-electron chi connectivity index (χ3n) is 4.23. The number of hydrogen-bond acceptors (Lipinski definition) is 4. The van der Waals surface area contributed by atoms with Crippen LogP contribution in [0.15, 0.2) is 30.3 Å². The van der Waals surface area contributed by atoms with Gasteiger partial charge >= 0.3 is 0 Å². The number of pyridine rings is 1. The summed E-state index contributed by atoms with van der Waals surface area (Å²) >= 11 is 0. The van der Waals surface area contributed by atoms with Gasteiger partial charge in [-0.1, -0.05) is 25.1 Å². The molecule has 1 atom stereocenters. The van der Waals surface area contributed by atoms with Crippen LogP contribution in [0.4, 0.5) is 5.82 Å². The fraction of sp³-hybridized carbons (Fsp3) is 0.412. The Morgan fingerprint density at radius 2 is 2.29 bits per heavy atom. The molecule has 0 radical (unpaired) electrons. The number of anilines is 1. The van der Waals surface area contributed by atoms with Gasteiger partial charge in [0.15, 0.2) is 0 Å². The van der Waals surface area contributed by atoms with E-state index in [2.05, 4.69) is 28.2 Å². The van der Waals surface area contributed by atoms with Crippen LogP contribution in [-0.4, -0.2) is 36.1 Å². The molecule has 1 aliphatic rings. The van der Waals surface area contributed by atoms with Crippen LogP contribution in [0, 0.1) is 17.2 Å². The summed E-state index contributed by atoms with van der Waals surface area (Å²) in [4.78, 5) is 7.08. The van der Waals surface area contributed by atoms with Crippen LogP contribution in [0.5, 0.6) is 0 Å². The highest BCUT2D eigenvalue weighted by Crippen LogP contribution is 2.21. The number of para-hydroxylation sites is 1. The molecule has 1 fully saturated rings. The van der Waals surface area contributed by atoms with Crippen molar-refractivity contribution in [1.82, 2.24) is 9.88 Å². The van der Waals surface area contributed by atoms with E-state index < -0.39 is 0 Å². The molecule has 1 N–H and O–H groups in total. The molecule has 0 saturated carbocycles. The fourth-order valence-electron chi connectivity index (χ4n) is 2.97. The summed E-state index contributed by atoms with van der Waals surface area (Å²) in [5.74, 6) is 1.48. The maximum absolute atomic E-state index is 9.29. The summed E-state index contributed by atoms with van der Waals surface area (Å²) < 4.78 is 0. The molecule has 0 amide bonds. The summed E-state index contributed by atoms with van der Waals surface area (Å²) in [6.45, 7) is 6.61. The minimum Gasteiger partial charge on any atom is -0.370 e. The molecule has 0 bridgehead atoms. The lowest BCUT2D eigenvalue weighted by molar-refractivity contribution is 0.345. The van der Waals surface area contributed by atoms with Crippen LogP contribution in [0.2, 0.25) is 0 Å². The highest BCUT2D eigenvalue weighted by Gasteiger charge is 2.20. The number of likely N-dealkylation sites (tertiary alicyclic amines) is 1. The van der Waals surface area contributed by atoms with E-state index >= 15 is 0 Å². The second-order valence-electron chi connectivity index (χ2n) is 5.61. The highest BCUT2D eigenvalue weighted by molar-refractivity contribution is 5.86. The number of fused-ring (bicyclic) bond motifs is 1.